The Morgan fingerprint density at radius 3 is 2.94 bits per heavy atom. The second-order valence-corrected chi connectivity index (χ2v) is 4.11. The molecule has 4 heteroatoms. The average Bonchev–Trinajstić information content (AvgIpc) is 2.64. The summed E-state index contributed by atoms with van der Waals surface area (Å²) >= 11 is 0. The van der Waals surface area contributed by atoms with Gasteiger partial charge in [-0.15, -0.1) is 0 Å². The van der Waals surface area contributed by atoms with Gasteiger partial charge in [0.15, 0.2) is 0 Å². The molecule has 0 aliphatic carbocycles. The predicted molar refractivity (Wildman–Crippen MR) is 66.1 cm³/mol. The first-order chi connectivity index (χ1) is 7.72. The molecule has 4 nitrogen and oxygen atoms in total. The van der Waals surface area contributed by atoms with E-state index in [-0.39, 0.29) is 0 Å². The van der Waals surface area contributed by atoms with E-state index in [0.29, 0.717) is 12.6 Å². The molecule has 0 bridgehead atoms. The molecule has 1 heterocycles. The zero-order valence-electron chi connectivity index (χ0n) is 9.77. The predicted octanol–water partition coefficient (Wildman–Crippen LogP) is 1.01. The van der Waals surface area contributed by atoms with Crippen molar-refractivity contribution < 1.29 is 0 Å². The Hall–Kier alpha value is -1.39. The van der Waals surface area contributed by atoms with Gasteiger partial charge in [0.2, 0.25) is 0 Å². The van der Waals surface area contributed by atoms with Crippen LogP contribution >= 0.6 is 0 Å². The fourth-order valence-corrected chi connectivity index (χ4v) is 1.77. The van der Waals surface area contributed by atoms with Crippen molar-refractivity contribution in [2.45, 2.75) is 19.5 Å². The number of hydrogen-bond acceptors (Lipinski definition) is 3. The summed E-state index contributed by atoms with van der Waals surface area (Å²) in [4.78, 5) is 0. The number of para-hydroxylation sites is 1. The van der Waals surface area contributed by atoms with Crippen LogP contribution < -0.4 is 11.1 Å². The van der Waals surface area contributed by atoms with Crippen LogP contribution in [-0.4, -0.2) is 22.4 Å². The van der Waals surface area contributed by atoms with Crippen LogP contribution in [0.25, 0.3) is 10.9 Å². The van der Waals surface area contributed by atoms with Crippen LogP contribution in [0.4, 0.5) is 0 Å². The summed E-state index contributed by atoms with van der Waals surface area (Å²) in [7, 11) is 1.97. The van der Waals surface area contributed by atoms with E-state index in [9.17, 15) is 0 Å². The van der Waals surface area contributed by atoms with Gasteiger partial charge in [-0.2, -0.15) is 5.10 Å². The van der Waals surface area contributed by atoms with E-state index in [0.717, 1.165) is 12.2 Å². The van der Waals surface area contributed by atoms with Crippen molar-refractivity contribution >= 4 is 10.9 Å². The first-order valence-electron chi connectivity index (χ1n) is 5.56. The van der Waals surface area contributed by atoms with E-state index in [1.165, 1.54) is 10.9 Å². The van der Waals surface area contributed by atoms with E-state index >= 15 is 0 Å². The maximum atomic E-state index is 5.57. The fourth-order valence-electron chi connectivity index (χ4n) is 1.77. The minimum atomic E-state index is 0.320. The molecule has 0 aliphatic rings. The number of aryl methyl sites for hydroxylation is 1. The molecule has 0 fully saturated rings. The topological polar surface area (TPSA) is 55.9 Å². The highest BCUT2D eigenvalue weighted by molar-refractivity contribution is 5.81. The number of benzene rings is 1. The third-order valence-electron chi connectivity index (χ3n) is 2.81. The van der Waals surface area contributed by atoms with Crippen molar-refractivity contribution in [3.8, 4) is 0 Å². The normalized spacial score (nSPS) is 13.2. The zero-order chi connectivity index (χ0) is 11.5. The van der Waals surface area contributed by atoms with Gasteiger partial charge >= 0.3 is 0 Å². The smallest absolute Gasteiger partial charge is 0.0841 e. The molecule has 0 amide bonds. The van der Waals surface area contributed by atoms with Gasteiger partial charge in [-0.25, -0.2) is 0 Å². The third kappa shape index (κ3) is 2.08. The molecule has 2 rings (SSSR count). The van der Waals surface area contributed by atoms with E-state index < -0.39 is 0 Å². The lowest BCUT2D eigenvalue weighted by atomic mass is 10.2. The maximum absolute atomic E-state index is 5.57. The van der Waals surface area contributed by atoms with Crippen LogP contribution in [0.2, 0.25) is 0 Å². The van der Waals surface area contributed by atoms with Gasteiger partial charge in [0.1, 0.15) is 0 Å². The first-order valence-corrected chi connectivity index (χ1v) is 5.56. The number of aromatic nitrogens is 2. The van der Waals surface area contributed by atoms with Crippen LogP contribution in [0.15, 0.2) is 24.3 Å². The molecule has 16 heavy (non-hydrogen) atoms. The largest absolute Gasteiger partial charge is 0.329 e. The molecule has 1 atom stereocenters. The molecule has 2 aromatic rings. The fraction of sp³-hybridized carbons (Fsp3) is 0.417. The average molecular weight is 218 g/mol. The highest BCUT2D eigenvalue weighted by Crippen LogP contribution is 2.16. The number of hydrogen-bond donors (Lipinski definition) is 2. The van der Waals surface area contributed by atoms with Crippen LogP contribution in [0.5, 0.6) is 0 Å². The Bertz CT molecular complexity index is 475. The Balaban J connectivity index is 2.24. The Kier molecular flexibility index (Phi) is 3.22. The quantitative estimate of drug-likeness (QED) is 0.805. The van der Waals surface area contributed by atoms with Gasteiger partial charge in [-0.1, -0.05) is 18.2 Å². The van der Waals surface area contributed by atoms with Crippen molar-refractivity contribution in [3.63, 3.8) is 0 Å². The number of fused-ring (bicyclic) bond motifs is 1. The molecule has 0 saturated carbocycles. The van der Waals surface area contributed by atoms with Crippen molar-refractivity contribution in [3.05, 3.63) is 30.0 Å². The SMILES string of the molecule is C[C@H](CN)NCc1nn(C)c2ccccc12. The van der Waals surface area contributed by atoms with Gasteiger partial charge in [0.25, 0.3) is 0 Å². The van der Waals surface area contributed by atoms with Gasteiger partial charge < -0.3 is 11.1 Å². The second kappa shape index (κ2) is 4.63. The molecule has 86 valence electrons. The van der Waals surface area contributed by atoms with Crippen molar-refractivity contribution in [1.29, 1.82) is 0 Å². The second-order valence-electron chi connectivity index (χ2n) is 4.11. The van der Waals surface area contributed by atoms with Crippen LogP contribution in [0, 0.1) is 0 Å². The summed E-state index contributed by atoms with van der Waals surface area (Å²) in [6.07, 6.45) is 0. The van der Waals surface area contributed by atoms with Gasteiger partial charge in [0.05, 0.1) is 11.2 Å². The highest BCUT2D eigenvalue weighted by Gasteiger charge is 2.08. The molecule has 0 saturated heterocycles. The molecule has 0 spiro atoms. The summed E-state index contributed by atoms with van der Waals surface area (Å²) in [6, 6.07) is 8.58. The number of nitrogens with zero attached hydrogens (tertiary/aromatic N) is 2. The zero-order valence-corrected chi connectivity index (χ0v) is 9.77. The highest BCUT2D eigenvalue weighted by atomic mass is 15.3. The lowest BCUT2D eigenvalue weighted by molar-refractivity contribution is 0.547. The minimum absolute atomic E-state index is 0.320. The van der Waals surface area contributed by atoms with Gasteiger partial charge in [-0.3, -0.25) is 4.68 Å². The monoisotopic (exact) mass is 218 g/mol. The lowest BCUT2D eigenvalue weighted by Gasteiger charge is -2.09. The van der Waals surface area contributed by atoms with Crippen molar-refractivity contribution in [2.24, 2.45) is 12.8 Å². The summed E-state index contributed by atoms with van der Waals surface area (Å²) in [5, 5.41) is 9.07. The Morgan fingerprint density at radius 2 is 2.19 bits per heavy atom. The first kappa shape index (κ1) is 11.1. The minimum Gasteiger partial charge on any atom is -0.329 e. The molecule has 3 N–H and O–H groups in total. The summed E-state index contributed by atoms with van der Waals surface area (Å²) in [5.74, 6) is 0. The number of nitrogens with two attached hydrogens (primary N) is 1. The standard InChI is InChI=1S/C12H18N4/c1-9(7-13)14-8-11-10-5-3-4-6-12(10)16(2)15-11/h3-6,9,14H,7-8,13H2,1-2H3/t9-/m1/s1. The lowest BCUT2D eigenvalue weighted by Crippen LogP contribution is -2.32. The molecule has 1 aromatic carbocycles. The third-order valence-corrected chi connectivity index (χ3v) is 2.81. The van der Waals surface area contributed by atoms with E-state index in [4.69, 9.17) is 5.73 Å². The van der Waals surface area contributed by atoms with Gasteiger partial charge in [0, 0.05) is 31.6 Å². The molecule has 0 unspecified atom stereocenters. The molecular formula is C12H18N4. The molecular weight excluding hydrogens is 200 g/mol. The van der Waals surface area contributed by atoms with E-state index in [1.807, 2.05) is 23.9 Å². The molecule has 1 aromatic heterocycles. The number of rotatable bonds is 4. The summed E-state index contributed by atoms with van der Waals surface area (Å²) < 4.78 is 1.92. The van der Waals surface area contributed by atoms with Crippen LogP contribution in [0.1, 0.15) is 12.6 Å². The van der Waals surface area contributed by atoms with E-state index in [2.05, 4.69) is 29.5 Å². The Labute approximate surface area is 95.4 Å². The maximum Gasteiger partial charge on any atom is 0.0841 e. The van der Waals surface area contributed by atoms with E-state index in [1.54, 1.807) is 0 Å². The van der Waals surface area contributed by atoms with Crippen molar-refractivity contribution in [2.75, 3.05) is 6.54 Å². The molecule has 0 aliphatic heterocycles. The van der Waals surface area contributed by atoms with Crippen LogP contribution in [0.3, 0.4) is 0 Å². The van der Waals surface area contributed by atoms with Crippen molar-refractivity contribution in [1.82, 2.24) is 15.1 Å². The van der Waals surface area contributed by atoms with Gasteiger partial charge in [-0.05, 0) is 13.0 Å². The van der Waals surface area contributed by atoms with Crippen LogP contribution in [-0.2, 0) is 13.6 Å². The molecule has 0 radical (unpaired) electrons. The number of nitrogens with one attached hydrogen (secondary N) is 1. The summed E-state index contributed by atoms with van der Waals surface area (Å²) in [5.41, 5.74) is 7.81. The summed E-state index contributed by atoms with van der Waals surface area (Å²) in [6.45, 7) is 3.48. The Morgan fingerprint density at radius 1 is 1.44 bits per heavy atom.